The summed E-state index contributed by atoms with van der Waals surface area (Å²) in [4.78, 5) is 11.0. The molecule has 0 fully saturated rings. The molecule has 78 valence electrons. The Labute approximate surface area is 97.0 Å². The van der Waals surface area contributed by atoms with Gasteiger partial charge in [-0.3, -0.25) is 4.79 Å². The predicted octanol–water partition coefficient (Wildman–Crippen LogP) is 3.32. The van der Waals surface area contributed by atoms with Crippen molar-refractivity contribution in [3.05, 3.63) is 33.9 Å². The second kappa shape index (κ2) is 3.81. The van der Waals surface area contributed by atoms with E-state index in [9.17, 15) is 4.79 Å². The predicted molar refractivity (Wildman–Crippen MR) is 65.4 cm³/mol. The first-order valence-corrected chi connectivity index (χ1v) is 5.70. The maximum Gasteiger partial charge on any atom is 0.166 e. The Bertz CT molecular complexity index is 528. The molecule has 0 bridgehead atoms. The number of halogens is 1. The zero-order valence-corrected chi connectivity index (χ0v) is 10.3. The number of rotatable bonds is 2. The van der Waals surface area contributed by atoms with Gasteiger partial charge in [0.15, 0.2) is 6.29 Å². The number of aldehydes is 1. The number of carbonyl (C=O) groups excluding carboxylic acids is 1. The fourth-order valence-electron chi connectivity index (χ4n) is 2.03. The van der Waals surface area contributed by atoms with Crippen molar-refractivity contribution in [2.45, 2.75) is 13.3 Å². The van der Waals surface area contributed by atoms with Gasteiger partial charge in [0.1, 0.15) is 0 Å². The molecule has 0 atom stereocenters. The second-order valence-corrected chi connectivity index (χ2v) is 4.47. The van der Waals surface area contributed by atoms with E-state index in [1.807, 2.05) is 23.7 Å². The molecule has 0 saturated carbocycles. The molecule has 15 heavy (non-hydrogen) atoms. The molecule has 3 heteroatoms. The van der Waals surface area contributed by atoms with E-state index in [0.717, 1.165) is 39.3 Å². The monoisotopic (exact) mass is 265 g/mol. The minimum atomic E-state index is 0.783. The smallest absolute Gasteiger partial charge is 0.166 e. The van der Waals surface area contributed by atoms with Gasteiger partial charge in [0.05, 0.1) is 5.69 Å². The summed E-state index contributed by atoms with van der Waals surface area (Å²) in [5.74, 6) is 0. The molecule has 0 radical (unpaired) electrons. The summed E-state index contributed by atoms with van der Waals surface area (Å²) in [6.07, 6.45) is 1.81. The van der Waals surface area contributed by atoms with Gasteiger partial charge in [-0.15, -0.1) is 0 Å². The topological polar surface area (TPSA) is 22.0 Å². The lowest BCUT2D eigenvalue weighted by atomic mass is 10.1. The fraction of sp³-hybridized carbons (Fsp3) is 0.250. The van der Waals surface area contributed by atoms with E-state index in [2.05, 4.69) is 28.9 Å². The third-order valence-electron chi connectivity index (χ3n) is 2.78. The zero-order chi connectivity index (χ0) is 11.0. The Morgan fingerprint density at radius 1 is 1.47 bits per heavy atom. The molecule has 0 unspecified atom stereocenters. The normalized spacial score (nSPS) is 10.9. The summed E-state index contributed by atoms with van der Waals surface area (Å²) in [7, 11) is 1.93. The molecule has 0 spiro atoms. The molecule has 2 nitrogen and oxygen atoms in total. The quantitative estimate of drug-likeness (QED) is 0.764. The third-order valence-corrected chi connectivity index (χ3v) is 3.27. The van der Waals surface area contributed by atoms with Gasteiger partial charge in [-0.2, -0.15) is 0 Å². The Morgan fingerprint density at radius 2 is 2.20 bits per heavy atom. The Morgan fingerprint density at radius 3 is 2.80 bits per heavy atom. The summed E-state index contributed by atoms with van der Waals surface area (Å²) in [6.45, 7) is 2.07. The number of aryl methyl sites for hydroxylation is 2. The molecule has 0 N–H and O–H groups in total. The van der Waals surface area contributed by atoms with Crippen LogP contribution >= 0.6 is 15.9 Å². The Hall–Kier alpha value is -1.09. The van der Waals surface area contributed by atoms with Crippen molar-refractivity contribution in [1.29, 1.82) is 0 Å². The van der Waals surface area contributed by atoms with E-state index < -0.39 is 0 Å². The van der Waals surface area contributed by atoms with Crippen LogP contribution in [-0.4, -0.2) is 10.9 Å². The van der Waals surface area contributed by atoms with Gasteiger partial charge < -0.3 is 4.57 Å². The van der Waals surface area contributed by atoms with Crippen molar-refractivity contribution < 1.29 is 4.79 Å². The highest BCUT2D eigenvalue weighted by molar-refractivity contribution is 9.10. The summed E-state index contributed by atoms with van der Waals surface area (Å²) < 4.78 is 3.00. The van der Waals surface area contributed by atoms with Gasteiger partial charge in [0, 0.05) is 22.4 Å². The number of fused-ring (bicyclic) bond motifs is 1. The van der Waals surface area contributed by atoms with Crippen LogP contribution in [0.25, 0.3) is 10.9 Å². The van der Waals surface area contributed by atoms with E-state index in [1.54, 1.807) is 0 Å². The number of aromatic nitrogens is 1. The van der Waals surface area contributed by atoms with Crippen LogP contribution in [-0.2, 0) is 13.5 Å². The lowest BCUT2D eigenvalue weighted by molar-refractivity contribution is 0.111. The molecule has 0 aliphatic carbocycles. The first-order valence-electron chi connectivity index (χ1n) is 4.91. The largest absolute Gasteiger partial charge is 0.341 e. The van der Waals surface area contributed by atoms with E-state index in [0.29, 0.717) is 0 Å². The van der Waals surface area contributed by atoms with E-state index >= 15 is 0 Å². The average Bonchev–Trinajstić information content (AvgIpc) is 2.50. The van der Waals surface area contributed by atoms with Crippen LogP contribution in [0.2, 0.25) is 0 Å². The minimum Gasteiger partial charge on any atom is -0.341 e. The van der Waals surface area contributed by atoms with Gasteiger partial charge in [-0.05, 0) is 30.2 Å². The fourth-order valence-corrected chi connectivity index (χ4v) is 2.40. The third kappa shape index (κ3) is 1.51. The van der Waals surface area contributed by atoms with Crippen LogP contribution in [0, 0.1) is 0 Å². The summed E-state index contributed by atoms with van der Waals surface area (Å²) in [6, 6.07) is 6.10. The van der Waals surface area contributed by atoms with Crippen molar-refractivity contribution >= 4 is 33.1 Å². The van der Waals surface area contributed by atoms with Crippen LogP contribution in [0.5, 0.6) is 0 Å². The number of nitrogens with zero attached hydrogens (tertiary/aromatic N) is 1. The molecule has 0 saturated heterocycles. The van der Waals surface area contributed by atoms with Gasteiger partial charge in [-0.1, -0.05) is 22.9 Å². The van der Waals surface area contributed by atoms with E-state index in [1.165, 1.54) is 0 Å². The maximum absolute atomic E-state index is 11.0. The molecule has 2 rings (SSSR count). The van der Waals surface area contributed by atoms with Crippen molar-refractivity contribution in [2.24, 2.45) is 7.05 Å². The second-order valence-electron chi connectivity index (χ2n) is 3.56. The maximum atomic E-state index is 11.0. The number of carbonyl (C=O) groups is 1. The first kappa shape index (κ1) is 10.4. The van der Waals surface area contributed by atoms with Gasteiger partial charge in [0.2, 0.25) is 0 Å². The SMILES string of the molecule is CCc1c(C=O)n(C)c2ccc(Br)cc12. The average molecular weight is 266 g/mol. The lowest BCUT2D eigenvalue weighted by Gasteiger charge is -1.97. The highest BCUT2D eigenvalue weighted by Crippen LogP contribution is 2.27. The van der Waals surface area contributed by atoms with Gasteiger partial charge in [-0.25, -0.2) is 0 Å². The minimum absolute atomic E-state index is 0.783. The molecule has 0 amide bonds. The highest BCUT2D eigenvalue weighted by atomic mass is 79.9. The number of hydrogen-bond donors (Lipinski definition) is 0. The van der Waals surface area contributed by atoms with Crippen LogP contribution in [0.3, 0.4) is 0 Å². The summed E-state index contributed by atoms with van der Waals surface area (Å²) in [5.41, 5.74) is 3.02. The van der Waals surface area contributed by atoms with Crippen molar-refractivity contribution in [3.8, 4) is 0 Å². The van der Waals surface area contributed by atoms with Crippen LogP contribution in [0.15, 0.2) is 22.7 Å². The molecule has 2 aromatic rings. The van der Waals surface area contributed by atoms with Crippen molar-refractivity contribution in [1.82, 2.24) is 4.57 Å². The van der Waals surface area contributed by atoms with Crippen LogP contribution in [0.4, 0.5) is 0 Å². The number of hydrogen-bond acceptors (Lipinski definition) is 1. The van der Waals surface area contributed by atoms with Crippen LogP contribution in [0.1, 0.15) is 23.0 Å². The molecule has 1 heterocycles. The molecule has 0 aliphatic rings. The number of benzene rings is 1. The molecule has 1 aromatic carbocycles. The van der Waals surface area contributed by atoms with E-state index in [-0.39, 0.29) is 0 Å². The van der Waals surface area contributed by atoms with E-state index in [4.69, 9.17) is 0 Å². The standard InChI is InChI=1S/C12H12BrNO/c1-3-9-10-6-8(13)4-5-11(10)14(2)12(9)7-15/h4-7H,3H2,1-2H3. The van der Waals surface area contributed by atoms with Crippen molar-refractivity contribution in [3.63, 3.8) is 0 Å². The Kier molecular flexibility index (Phi) is 2.65. The van der Waals surface area contributed by atoms with Gasteiger partial charge >= 0.3 is 0 Å². The summed E-state index contributed by atoms with van der Waals surface area (Å²) in [5, 5.41) is 1.16. The van der Waals surface area contributed by atoms with Gasteiger partial charge in [0.25, 0.3) is 0 Å². The first-order chi connectivity index (χ1) is 7.19. The molecule has 1 aromatic heterocycles. The zero-order valence-electron chi connectivity index (χ0n) is 8.75. The van der Waals surface area contributed by atoms with Crippen molar-refractivity contribution in [2.75, 3.05) is 0 Å². The molecule has 0 aliphatic heterocycles. The van der Waals surface area contributed by atoms with Crippen LogP contribution < -0.4 is 0 Å². The summed E-state index contributed by atoms with van der Waals surface area (Å²) >= 11 is 3.45. The Balaban J connectivity index is 2.91. The molecular weight excluding hydrogens is 254 g/mol. The lowest BCUT2D eigenvalue weighted by Crippen LogP contribution is -1.96. The molecular formula is C12H12BrNO. The highest BCUT2D eigenvalue weighted by Gasteiger charge is 2.12.